The summed E-state index contributed by atoms with van der Waals surface area (Å²) in [4.78, 5) is 2.21. The monoisotopic (exact) mass is 265 g/mol. The highest BCUT2D eigenvalue weighted by molar-refractivity contribution is 5.32. The fourth-order valence-corrected chi connectivity index (χ4v) is 2.38. The zero-order valence-corrected chi connectivity index (χ0v) is 11.7. The van der Waals surface area contributed by atoms with Gasteiger partial charge in [-0.15, -0.1) is 0 Å². The summed E-state index contributed by atoms with van der Waals surface area (Å²) < 4.78 is 0. The Bertz CT molecular complexity index is 587. The van der Waals surface area contributed by atoms with Crippen molar-refractivity contribution in [2.45, 2.75) is 12.6 Å². The molecule has 0 heterocycles. The molecule has 0 bridgehead atoms. The second-order valence-electron chi connectivity index (χ2n) is 4.89. The van der Waals surface area contributed by atoms with Crippen molar-refractivity contribution < 1.29 is 0 Å². The number of hydrogen-bond acceptors (Lipinski definition) is 3. The molecule has 20 heavy (non-hydrogen) atoms. The van der Waals surface area contributed by atoms with Crippen LogP contribution in [0.2, 0.25) is 0 Å². The van der Waals surface area contributed by atoms with Crippen molar-refractivity contribution in [2.75, 3.05) is 13.6 Å². The molecule has 1 unspecified atom stereocenters. The molecule has 2 aromatic rings. The minimum atomic E-state index is 0.182. The number of likely N-dealkylation sites (N-methyl/N-ethyl adjacent to an activating group) is 1. The molecule has 0 aliphatic carbocycles. The summed E-state index contributed by atoms with van der Waals surface area (Å²) in [7, 11) is 2.06. The summed E-state index contributed by atoms with van der Waals surface area (Å²) in [6, 6.07) is 20.3. The highest BCUT2D eigenvalue weighted by Gasteiger charge is 2.15. The topological polar surface area (TPSA) is 53.0 Å². The highest BCUT2D eigenvalue weighted by atomic mass is 15.1. The fourth-order valence-electron chi connectivity index (χ4n) is 2.38. The molecule has 0 aliphatic rings. The molecule has 0 spiro atoms. The first-order valence-electron chi connectivity index (χ1n) is 6.69. The smallest absolute Gasteiger partial charge is 0.0991 e. The molecule has 2 N–H and O–H groups in total. The molecule has 0 amide bonds. The van der Waals surface area contributed by atoms with E-state index in [0.717, 1.165) is 12.1 Å². The van der Waals surface area contributed by atoms with E-state index < -0.39 is 0 Å². The Morgan fingerprint density at radius 1 is 1.15 bits per heavy atom. The van der Waals surface area contributed by atoms with E-state index in [1.807, 2.05) is 42.5 Å². The Morgan fingerprint density at radius 3 is 2.55 bits per heavy atom. The number of nitrogens with two attached hydrogens (primary N) is 1. The van der Waals surface area contributed by atoms with E-state index in [-0.39, 0.29) is 6.04 Å². The maximum absolute atomic E-state index is 8.95. The van der Waals surface area contributed by atoms with E-state index in [1.54, 1.807) is 0 Å². The van der Waals surface area contributed by atoms with E-state index in [9.17, 15) is 0 Å². The van der Waals surface area contributed by atoms with Gasteiger partial charge in [0.2, 0.25) is 0 Å². The Labute approximate surface area is 120 Å². The molecule has 0 fully saturated rings. The first-order chi connectivity index (χ1) is 9.74. The third kappa shape index (κ3) is 3.45. The first kappa shape index (κ1) is 14.3. The summed E-state index contributed by atoms with van der Waals surface area (Å²) in [5, 5.41) is 8.95. The molecule has 0 saturated carbocycles. The molecule has 0 saturated heterocycles. The molecular formula is C17H19N3. The number of rotatable bonds is 5. The maximum atomic E-state index is 8.95. The average Bonchev–Trinajstić information content (AvgIpc) is 2.49. The second kappa shape index (κ2) is 6.85. The Morgan fingerprint density at radius 2 is 1.90 bits per heavy atom. The van der Waals surface area contributed by atoms with E-state index in [2.05, 4.69) is 30.1 Å². The number of nitriles is 1. The van der Waals surface area contributed by atoms with Gasteiger partial charge in [0.15, 0.2) is 0 Å². The van der Waals surface area contributed by atoms with Crippen molar-refractivity contribution in [3.8, 4) is 6.07 Å². The molecule has 0 aromatic heterocycles. The largest absolute Gasteiger partial charge is 0.329 e. The van der Waals surface area contributed by atoms with Crippen LogP contribution in [0.1, 0.15) is 22.7 Å². The fraction of sp³-hybridized carbons (Fsp3) is 0.235. The second-order valence-corrected chi connectivity index (χ2v) is 4.89. The van der Waals surface area contributed by atoms with Gasteiger partial charge in [0.1, 0.15) is 0 Å². The standard InChI is InChI=1S/C17H19N3/c1-20(13-15-7-5-6-14(10-15)11-18)17(12-19)16-8-3-2-4-9-16/h2-10,17H,12-13,19H2,1H3. The lowest BCUT2D eigenvalue weighted by atomic mass is 10.0. The summed E-state index contributed by atoms with van der Waals surface area (Å²) in [6.07, 6.45) is 0. The molecule has 3 heteroatoms. The van der Waals surface area contributed by atoms with Gasteiger partial charge >= 0.3 is 0 Å². The van der Waals surface area contributed by atoms with Crippen LogP contribution in [0.15, 0.2) is 54.6 Å². The van der Waals surface area contributed by atoms with Gasteiger partial charge in [0.05, 0.1) is 11.6 Å². The van der Waals surface area contributed by atoms with Gasteiger partial charge in [-0.3, -0.25) is 4.90 Å². The molecule has 1 atom stereocenters. The van der Waals surface area contributed by atoms with Crippen molar-refractivity contribution in [2.24, 2.45) is 5.73 Å². The lowest BCUT2D eigenvalue weighted by molar-refractivity contribution is 0.242. The van der Waals surface area contributed by atoms with Gasteiger partial charge in [-0.1, -0.05) is 42.5 Å². The number of nitrogens with zero attached hydrogens (tertiary/aromatic N) is 2. The lowest BCUT2D eigenvalue weighted by Crippen LogP contribution is -2.30. The Hall–Kier alpha value is -2.15. The van der Waals surface area contributed by atoms with E-state index in [0.29, 0.717) is 12.1 Å². The van der Waals surface area contributed by atoms with Crippen LogP contribution in [0.5, 0.6) is 0 Å². The molecule has 3 nitrogen and oxygen atoms in total. The van der Waals surface area contributed by atoms with Gasteiger partial charge in [-0.2, -0.15) is 5.26 Å². The minimum Gasteiger partial charge on any atom is -0.329 e. The third-order valence-corrected chi connectivity index (χ3v) is 3.43. The predicted octanol–water partition coefficient (Wildman–Crippen LogP) is 2.69. The van der Waals surface area contributed by atoms with Crippen molar-refractivity contribution in [1.82, 2.24) is 4.90 Å². The first-order valence-corrected chi connectivity index (χ1v) is 6.69. The van der Waals surface area contributed by atoms with Crippen molar-refractivity contribution >= 4 is 0 Å². The Balaban J connectivity index is 2.13. The zero-order chi connectivity index (χ0) is 14.4. The number of hydrogen-bond donors (Lipinski definition) is 1. The molecular weight excluding hydrogens is 246 g/mol. The highest BCUT2D eigenvalue weighted by Crippen LogP contribution is 2.20. The zero-order valence-electron chi connectivity index (χ0n) is 11.7. The van der Waals surface area contributed by atoms with Gasteiger partial charge in [0, 0.05) is 19.1 Å². The van der Waals surface area contributed by atoms with Gasteiger partial charge in [0.25, 0.3) is 0 Å². The minimum absolute atomic E-state index is 0.182. The van der Waals surface area contributed by atoms with Crippen LogP contribution < -0.4 is 5.73 Å². The summed E-state index contributed by atoms with van der Waals surface area (Å²) in [6.45, 7) is 1.34. The van der Waals surface area contributed by atoms with Gasteiger partial charge in [-0.05, 0) is 30.3 Å². The average molecular weight is 265 g/mol. The van der Waals surface area contributed by atoms with Gasteiger partial charge in [-0.25, -0.2) is 0 Å². The Kier molecular flexibility index (Phi) is 4.89. The van der Waals surface area contributed by atoms with Crippen LogP contribution in [0.4, 0.5) is 0 Å². The van der Waals surface area contributed by atoms with Crippen molar-refractivity contribution in [3.05, 3.63) is 71.3 Å². The number of benzene rings is 2. The van der Waals surface area contributed by atoms with Crippen LogP contribution in [0.3, 0.4) is 0 Å². The third-order valence-electron chi connectivity index (χ3n) is 3.43. The summed E-state index contributed by atoms with van der Waals surface area (Å²) in [5.74, 6) is 0. The lowest BCUT2D eigenvalue weighted by Gasteiger charge is -2.27. The summed E-state index contributed by atoms with van der Waals surface area (Å²) in [5.41, 5.74) is 8.96. The molecule has 2 aromatic carbocycles. The predicted molar refractivity (Wildman–Crippen MR) is 80.9 cm³/mol. The van der Waals surface area contributed by atoms with Crippen molar-refractivity contribution in [3.63, 3.8) is 0 Å². The normalized spacial score (nSPS) is 12.1. The van der Waals surface area contributed by atoms with Crippen molar-refractivity contribution in [1.29, 1.82) is 5.26 Å². The SMILES string of the molecule is CN(Cc1cccc(C#N)c1)C(CN)c1ccccc1. The molecule has 0 aliphatic heterocycles. The van der Waals surface area contributed by atoms with Crippen LogP contribution in [0.25, 0.3) is 0 Å². The van der Waals surface area contributed by atoms with Crippen LogP contribution in [-0.4, -0.2) is 18.5 Å². The molecule has 0 radical (unpaired) electrons. The van der Waals surface area contributed by atoms with Crippen LogP contribution in [0, 0.1) is 11.3 Å². The van der Waals surface area contributed by atoms with Crippen LogP contribution >= 0.6 is 0 Å². The quantitative estimate of drug-likeness (QED) is 0.904. The van der Waals surface area contributed by atoms with E-state index in [4.69, 9.17) is 11.0 Å². The van der Waals surface area contributed by atoms with E-state index in [1.165, 1.54) is 5.56 Å². The summed E-state index contributed by atoms with van der Waals surface area (Å²) >= 11 is 0. The molecule has 102 valence electrons. The van der Waals surface area contributed by atoms with E-state index >= 15 is 0 Å². The van der Waals surface area contributed by atoms with Crippen LogP contribution in [-0.2, 0) is 6.54 Å². The van der Waals surface area contributed by atoms with Gasteiger partial charge < -0.3 is 5.73 Å². The maximum Gasteiger partial charge on any atom is 0.0991 e. The molecule has 2 rings (SSSR count).